The minimum atomic E-state index is 0.248. The number of methoxy groups -OCH3 is 1. The molecule has 1 aromatic carbocycles. The van der Waals surface area contributed by atoms with E-state index in [0.29, 0.717) is 17.7 Å². The first-order valence-electron chi connectivity index (χ1n) is 8.77. The van der Waals surface area contributed by atoms with Crippen molar-refractivity contribution >= 4 is 0 Å². The molecule has 7 nitrogen and oxygen atoms in total. The zero-order valence-electron chi connectivity index (χ0n) is 14.9. The molecule has 0 radical (unpaired) electrons. The Morgan fingerprint density at radius 3 is 3.04 bits per heavy atom. The average molecular weight is 344 g/mol. The number of aromatic nitrogens is 3. The van der Waals surface area contributed by atoms with Crippen LogP contribution in [0.15, 0.2) is 12.1 Å². The number of aryl methyl sites for hydroxylation is 1. The van der Waals surface area contributed by atoms with Crippen molar-refractivity contribution in [3.63, 3.8) is 0 Å². The Kier molecular flexibility index (Phi) is 4.25. The van der Waals surface area contributed by atoms with E-state index in [1.807, 2.05) is 12.1 Å². The average Bonchev–Trinajstić information content (AvgIpc) is 3.25. The molecular formula is C18H24N4O3. The molecule has 0 bridgehead atoms. The Labute approximate surface area is 147 Å². The lowest BCUT2D eigenvalue weighted by Crippen LogP contribution is -2.37. The van der Waals surface area contributed by atoms with Crippen LogP contribution in [0.2, 0.25) is 0 Å². The van der Waals surface area contributed by atoms with Gasteiger partial charge < -0.3 is 19.5 Å². The second-order valence-electron chi connectivity index (χ2n) is 6.87. The van der Waals surface area contributed by atoms with Crippen LogP contribution in [0.4, 0.5) is 0 Å². The molecule has 1 aromatic heterocycles. The van der Waals surface area contributed by atoms with Crippen molar-refractivity contribution in [3.05, 3.63) is 29.3 Å². The summed E-state index contributed by atoms with van der Waals surface area (Å²) in [5, 5.41) is 8.26. The van der Waals surface area contributed by atoms with Gasteiger partial charge in [0.25, 0.3) is 0 Å². The number of hydrogen-bond donors (Lipinski definition) is 1. The van der Waals surface area contributed by atoms with E-state index < -0.39 is 0 Å². The number of rotatable bonds is 5. The lowest BCUT2D eigenvalue weighted by molar-refractivity contribution is 0.171. The molecular weight excluding hydrogens is 320 g/mol. The monoisotopic (exact) mass is 344 g/mol. The number of nitrogens with one attached hydrogen (secondary N) is 1. The summed E-state index contributed by atoms with van der Waals surface area (Å²) in [5.74, 6) is 4.57. The molecule has 0 unspecified atom stereocenters. The summed E-state index contributed by atoms with van der Waals surface area (Å²) in [6, 6.07) is 4.39. The molecule has 25 heavy (non-hydrogen) atoms. The topological polar surface area (TPSA) is 70.4 Å². The molecule has 2 aliphatic heterocycles. The quantitative estimate of drug-likeness (QED) is 0.897. The van der Waals surface area contributed by atoms with Crippen molar-refractivity contribution < 1.29 is 14.2 Å². The first kappa shape index (κ1) is 16.2. The van der Waals surface area contributed by atoms with Gasteiger partial charge in [-0.3, -0.25) is 0 Å². The summed E-state index contributed by atoms with van der Waals surface area (Å²) in [6.07, 6.45) is 2.03. The van der Waals surface area contributed by atoms with Crippen LogP contribution in [0, 0.1) is 0 Å². The number of fused-ring (bicyclic) bond motifs is 2. The second kappa shape index (κ2) is 6.55. The number of hydrogen-bond acceptors (Lipinski definition) is 6. The maximum absolute atomic E-state index is 5.49. The molecule has 0 spiro atoms. The standard InChI is InChI=1S/C18H24N4O3/c1-11(2)18-20-16-5-4-13(9-22(16)21-18)19-8-12-6-14(23-3)17-15(7-12)24-10-25-17/h6-7,11,13,19H,4-5,8-10H2,1-3H3/t13-/m1/s1. The van der Waals surface area contributed by atoms with Crippen LogP contribution >= 0.6 is 0 Å². The van der Waals surface area contributed by atoms with Crippen molar-refractivity contribution in [2.45, 2.75) is 51.7 Å². The van der Waals surface area contributed by atoms with E-state index >= 15 is 0 Å². The first-order valence-corrected chi connectivity index (χ1v) is 8.77. The summed E-state index contributed by atoms with van der Waals surface area (Å²) in [4.78, 5) is 4.64. The van der Waals surface area contributed by atoms with Gasteiger partial charge in [0, 0.05) is 24.9 Å². The van der Waals surface area contributed by atoms with Gasteiger partial charge in [0.15, 0.2) is 17.3 Å². The van der Waals surface area contributed by atoms with E-state index in [0.717, 1.165) is 54.6 Å². The van der Waals surface area contributed by atoms with E-state index in [9.17, 15) is 0 Å². The molecule has 0 amide bonds. The molecule has 2 aliphatic rings. The Morgan fingerprint density at radius 2 is 2.24 bits per heavy atom. The SMILES string of the molecule is COc1cc(CN[C@@H]2CCc3nc(C(C)C)nn3C2)cc2c1OCO2. The van der Waals surface area contributed by atoms with Crippen molar-refractivity contribution in [2.75, 3.05) is 13.9 Å². The van der Waals surface area contributed by atoms with Crippen LogP contribution in [0.1, 0.15) is 43.4 Å². The first-order chi connectivity index (χ1) is 12.1. The molecule has 134 valence electrons. The van der Waals surface area contributed by atoms with Gasteiger partial charge >= 0.3 is 0 Å². The van der Waals surface area contributed by atoms with Gasteiger partial charge in [0.05, 0.1) is 13.7 Å². The van der Waals surface area contributed by atoms with Gasteiger partial charge in [-0.25, -0.2) is 9.67 Å². The summed E-state index contributed by atoms with van der Waals surface area (Å²) in [7, 11) is 1.65. The highest BCUT2D eigenvalue weighted by Gasteiger charge is 2.23. The third-order valence-electron chi connectivity index (χ3n) is 4.70. The van der Waals surface area contributed by atoms with Gasteiger partial charge in [-0.1, -0.05) is 13.8 Å². The number of nitrogens with zero attached hydrogens (tertiary/aromatic N) is 3. The maximum atomic E-state index is 5.49. The van der Waals surface area contributed by atoms with Gasteiger partial charge in [0.2, 0.25) is 12.5 Å². The second-order valence-corrected chi connectivity index (χ2v) is 6.87. The van der Waals surface area contributed by atoms with Crippen LogP contribution in [0.25, 0.3) is 0 Å². The summed E-state index contributed by atoms with van der Waals surface area (Å²) in [6.45, 7) is 6.11. The van der Waals surface area contributed by atoms with E-state index in [1.54, 1.807) is 7.11 Å². The molecule has 7 heteroatoms. The van der Waals surface area contributed by atoms with E-state index in [-0.39, 0.29) is 6.79 Å². The third-order valence-corrected chi connectivity index (χ3v) is 4.70. The Morgan fingerprint density at radius 1 is 1.36 bits per heavy atom. The van der Waals surface area contributed by atoms with E-state index in [4.69, 9.17) is 14.2 Å². The fourth-order valence-corrected chi connectivity index (χ4v) is 3.29. The van der Waals surface area contributed by atoms with E-state index in [2.05, 4.69) is 33.9 Å². The highest BCUT2D eigenvalue weighted by molar-refractivity contribution is 5.55. The molecule has 4 rings (SSSR count). The van der Waals surface area contributed by atoms with Crippen LogP contribution in [-0.4, -0.2) is 34.7 Å². The number of benzene rings is 1. The molecule has 0 saturated carbocycles. The predicted octanol–water partition coefficient (Wildman–Crippen LogP) is 2.24. The van der Waals surface area contributed by atoms with Gasteiger partial charge in [-0.15, -0.1) is 0 Å². The molecule has 0 aliphatic carbocycles. The fraction of sp³-hybridized carbons (Fsp3) is 0.556. The molecule has 3 heterocycles. The summed E-state index contributed by atoms with van der Waals surface area (Å²) < 4.78 is 18.4. The summed E-state index contributed by atoms with van der Waals surface area (Å²) in [5.41, 5.74) is 1.12. The third kappa shape index (κ3) is 3.16. The highest BCUT2D eigenvalue weighted by atomic mass is 16.7. The van der Waals surface area contributed by atoms with Gasteiger partial charge in [-0.05, 0) is 24.1 Å². The molecule has 1 atom stereocenters. The lowest BCUT2D eigenvalue weighted by atomic mass is 10.1. The van der Waals surface area contributed by atoms with E-state index in [1.165, 1.54) is 0 Å². The molecule has 2 aromatic rings. The molecule has 1 N–H and O–H groups in total. The zero-order chi connectivity index (χ0) is 17.4. The minimum absolute atomic E-state index is 0.248. The smallest absolute Gasteiger partial charge is 0.231 e. The van der Waals surface area contributed by atoms with Crippen LogP contribution in [-0.2, 0) is 19.5 Å². The Bertz CT molecular complexity index is 772. The normalized spacial score (nSPS) is 18.5. The van der Waals surface area contributed by atoms with Crippen LogP contribution in [0.5, 0.6) is 17.2 Å². The molecule has 0 saturated heterocycles. The largest absolute Gasteiger partial charge is 0.493 e. The fourth-order valence-electron chi connectivity index (χ4n) is 3.29. The number of ether oxygens (including phenoxy) is 3. The minimum Gasteiger partial charge on any atom is -0.493 e. The Balaban J connectivity index is 1.42. The maximum Gasteiger partial charge on any atom is 0.231 e. The molecule has 0 fully saturated rings. The van der Waals surface area contributed by atoms with Crippen molar-refractivity contribution in [3.8, 4) is 17.2 Å². The zero-order valence-corrected chi connectivity index (χ0v) is 14.9. The van der Waals surface area contributed by atoms with Crippen molar-refractivity contribution in [1.29, 1.82) is 0 Å². The van der Waals surface area contributed by atoms with Gasteiger partial charge in [0.1, 0.15) is 5.82 Å². The van der Waals surface area contributed by atoms with Gasteiger partial charge in [-0.2, -0.15) is 5.10 Å². The lowest BCUT2D eigenvalue weighted by Gasteiger charge is -2.23. The van der Waals surface area contributed by atoms with Crippen molar-refractivity contribution in [2.24, 2.45) is 0 Å². The summed E-state index contributed by atoms with van der Waals surface area (Å²) >= 11 is 0. The van der Waals surface area contributed by atoms with Crippen LogP contribution < -0.4 is 19.5 Å². The van der Waals surface area contributed by atoms with Crippen molar-refractivity contribution in [1.82, 2.24) is 20.1 Å². The predicted molar refractivity (Wildman–Crippen MR) is 92.2 cm³/mol. The van der Waals surface area contributed by atoms with Crippen LogP contribution in [0.3, 0.4) is 0 Å². The highest BCUT2D eigenvalue weighted by Crippen LogP contribution is 2.41. The Hall–Kier alpha value is -2.28.